The monoisotopic (exact) mass is 265 g/mol. The Morgan fingerprint density at radius 3 is 2.54 bits per heavy atom. The van der Waals surface area contributed by atoms with E-state index in [-0.39, 0.29) is 25.1 Å². The van der Waals surface area contributed by atoms with Gasteiger partial charge in [-0.05, 0) is 30.2 Å². The third-order valence-electron chi connectivity index (χ3n) is 1.69. The van der Waals surface area contributed by atoms with E-state index in [1.165, 1.54) is 0 Å². The Morgan fingerprint density at radius 1 is 1.46 bits per heavy atom. The average molecular weight is 267 g/mol. The maximum atomic E-state index is 8.83. The molecule has 0 unspecified atom stereocenters. The highest BCUT2D eigenvalue weighted by molar-refractivity contribution is 9.10. The normalized spacial score (nSPS) is 12.0. The summed E-state index contributed by atoms with van der Waals surface area (Å²) >= 11 is 3.37. The summed E-state index contributed by atoms with van der Waals surface area (Å²) in [4.78, 5) is 0. The molecule has 0 saturated carbocycles. The van der Waals surface area contributed by atoms with Gasteiger partial charge in [0.15, 0.2) is 0 Å². The SMILES string of the molecule is Cc1cc(Br)cc([C@@H](N)CO)c1.Cl. The molecule has 1 aromatic carbocycles. The van der Waals surface area contributed by atoms with Crippen LogP contribution in [-0.2, 0) is 0 Å². The molecule has 74 valence electrons. The molecular weight excluding hydrogens is 253 g/mol. The van der Waals surface area contributed by atoms with Crippen molar-refractivity contribution >= 4 is 28.3 Å². The van der Waals surface area contributed by atoms with E-state index in [9.17, 15) is 0 Å². The van der Waals surface area contributed by atoms with Crippen LogP contribution in [0, 0.1) is 6.92 Å². The number of aryl methyl sites for hydroxylation is 1. The molecule has 2 nitrogen and oxygen atoms in total. The molecule has 0 heterocycles. The van der Waals surface area contributed by atoms with Gasteiger partial charge in [-0.2, -0.15) is 0 Å². The van der Waals surface area contributed by atoms with E-state index >= 15 is 0 Å². The van der Waals surface area contributed by atoms with E-state index in [2.05, 4.69) is 15.9 Å². The van der Waals surface area contributed by atoms with Gasteiger partial charge in [0.05, 0.1) is 12.6 Å². The van der Waals surface area contributed by atoms with Crippen LogP contribution in [0.5, 0.6) is 0 Å². The first-order valence-corrected chi connectivity index (χ1v) is 4.56. The topological polar surface area (TPSA) is 46.2 Å². The Kier molecular flexibility index (Phi) is 5.56. The minimum atomic E-state index is -0.277. The van der Waals surface area contributed by atoms with Gasteiger partial charge < -0.3 is 10.8 Å². The summed E-state index contributed by atoms with van der Waals surface area (Å²) in [6, 6.07) is 5.63. The molecule has 1 rings (SSSR count). The van der Waals surface area contributed by atoms with Crippen molar-refractivity contribution in [1.82, 2.24) is 0 Å². The molecule has 1 atom stereocenters. The van der Waals surface area contributed by atoms with Crippen LogP contribution in [0.2, 0.25) is 0 Å². The van der Waals surface area contributed by atoms with Gasteiger partial charge in [0.25, 0.3) is 0 Å². The van der Waals surface area contributed by atoms with Crippen LogP contribution in [0.25, 0.3) is 0 Å². The molecule has 0 radical (unpaired) electrons. The number of halogens is 2. The van der Waals surface area contributed by atoms with E-state index in [1.54, 1.807) is 0 Å². The fourth-order valence-corrected chi connectivity index (χ4v) is 1.71. The fraction of sp³-hybridized carbons (Fsp3) is 0.333. The third kappa shape index (κ3) is 3.65. The standard InChI is InChI=1S/C9H12BrNO.ClH/c1-6-2-7(9(11)5-12)4-8(10)3-6;/h2-4,9,12H,5,11H2,1H3;1H/t9-;/m0./s1. The van der Waals surface area contributed by atoms with Crippen molar-refractivity contribution in [3.8, 4) is 0 Å². The number of hydrogen-bond donors (Lipinski definition) is 2. The molecule has 0 aliphatic rings. The van der Waals surface area contributed by atoms with Gasteiger partial charge in [-0.15, -0.1) is 12.4 Å². The number of nitrogens with two attached hydrogens (primary N) is 1. The van der Waals surface area contributed by atoms with Crippen molar-refractivity contribution in [3.05, 3.63) is 33.8 Å². The Bertz CT molecular complexity index is 260. The summed E-state index contributed by atoms with van der Waals surface area (Å²) in [7, 11) is 0. The van der Waals surface area contributed by atoms with Crippen LogP contribution in [0.3, 0.4) is 0 Å². The second-order valence-electron chi connectivity index (χ2n) is 2.85. The predicted molar refractivity (Wildman–Crippen MR) is 60.1 cm³/mol. The highest BCUT2D eigenvalue weighted by atomic mass is 79.9. The van der Waals surface area contributed by atoms with Gasteiger partial charge in [0, 0.05) is 4.47 Å². The van der Waals surface area contributed by atoms with Crippen LogP contribution in [-0.4, -0.2) is 11.7 Å². The molecule has 0 amide bonds. The maximum Gasteiger partial charge on any atom is 0.0624 e. The number of hydrogen-bond acceptors (Lipinski definition) is 2. The number of aliphatic hydroxyl groups is 1. The lowest BCUT2D eigenvalue weighted by Gasteiger charge is -2.09. The minimum Gasteiger partial charge on any atom is -0.394 e. The van der Waals surface area contributed by atoms with Gasteiger partial charge in [0.1, 0.15) is 0 Å². The van der Waals surface area contributed by atoms with E-state index < -0.39 is 0 Å². The number of benzene rings is 1. The van der Waals surface area contributed by atoms with Crippen molar-refractivity contribution in [2.75, 3.05) is 6.61 Å². The zero-order chi connectivity index (χ0) is 9.14. The minimum absolute atomic E-state index is 0. The second kappa shape index (κ2) is 5.60. The first kappa shape index (κ1) is 12.9. The molecule has 0 aliphatic carbocycles. The highest BCUT2D eigenvalue weighted by Gasteiger charge is 2.04. The zero-order valence-corrected chi connectivity index (χ0v) is 9.73. The van der Waals surface area contributed by atoms with Gasteiger partial charge in [-0.1, -0.05) is 22.0 Å². The smallest absolute Gasteiger partial charge is 0.0624 e. The lowest BCUT2D eigenvalue weighted by atomic mass is 10.1. The Balaban J connectivity index is 0.00000144. The molecule has 0 fully saturated rings. The first-order chi connectivity index (χ1) is 5.63. The Labute approximate surface area is 92.7 Å². The van der Waals surface area contributed by atoms with Crippen molar-refractivity contribution in [2.24, 2.45) is 5.73 Å². The van der Waals surface area contributed by atoms with Gasteiger partial charge in [-0.25, -0.2) is 0 Å². The molecule has 4 heteroatoms. The summed E-state index contributed by atoms with van der Waals surface area (Å²) < 4.78 is 1.00. The molecule has 0 saturated heterocycles. The maximum absolute atomic E-state index is 8.83. The van der Waals surface area contributed by atoms with Crippen molar-refractivity contribution in [1.29, 1.82) is 0 Å². The van der Waals surface area contributed by atoms with Crippen molar-refractivity contribution in [3.63, 3.8) is 0 Å². The molecular formula is C9H13BrClNO. The Hall–Kier alpha value is -0.0900. The summed E-state index contributed by atoms with van der Waals surface area (Å²) in [5.41, 5.74) is 7.77. The van der Waals surface area contributed by atoms with Crippen LogP contribution < -0.4 is 5.73 Å². The molecule has 0 aliphatic heterocycles. The molecule has 1 aromatic rings. The third-order valence-corrected chi connectivity index (χ3v) is 2.15. The average Bonchev–Trinajstić information content (AvgIpc) is 2.01. The van der Waals surface area contributed by atoms with Crippen LogP contribution in [0.15, 0.2) is 22.7 Å². The number of rotatable bonds is 2. The van der Waals surface area contributed by atoms with Crippen molar-refractivity contribution in [2.45, 2.75) is 13.0 Å². The molecule has 13 heavy (non-hydrogen) atoms. The lowest BCUT2D eigenvalue weighted by molar-refractivity contribution is 0.268. The largest absolute Gasteiger partial charge is 0.394 e. The second-order valence-corrected chi connectivity index (χ2v) is 3.77. The van der Waals surface area contributed by atoms with Gasteiger partial charge in [-0.3, -0.25) is 0 Å². The molecule has 0 aromatic heterocycles. The molecule has 0 bridgehead atoms. The quantitative estimate of drug-likeness (QED) is 0.862. The Morgan fingerprint density at radius 2 is 2.08 bits per heavy atom. The van der Waals surface area contributed by atoms with Gasteiger partial charge >= 0.3 is 0 Å². The van der Waals surface area contributed by atoms with E-state index in [4.69, 9.17) is 10.8 Å². The van der Waals surface area contributed by atoms with E-state index in [0.717, 1.165) is 15.6 Å². The van der Waals surface area contributed by atoms with E-state index in [0.29, 0.717) is 0 Å². The molecule has 0 spiro atoms. The van der Waals surface area contributed by atoms with Crippen LogP contribution in [0.4, 0.5) is 0 Å². The summed E-state index contributed by atoms with van der Waals surface area (Å²) in [5, 5.41) is 8.83. The van der Waals surface area contributed by atoms with Crippen LogP contribution in [0.1, 0.15) is 17.2 Å². The zero-order valence-electron chi connectivity index (χ0n) is 7.33. The lowest BCUT2D eigenvalue weighted by Crippen LogP contribution is -2.14. The summed E-state index contributed by atoms with van der Waals surface area (Å²) in [6.07, 6.45) is 0. The summed E-state index contributed by atoms with van der Waals surface area (Å²) in [5.74, 6) is 0. The number of aliphatic hydroxyl groups excluding tert-OH is 1. The van der Waals surface area contributed by atoms with Gasteiger partial charge in [0.2, 0.25) is 0 Å². The van der Waals surface area contributed by atoms with Crippen molar-refractivity contribution < 1.29 is 5.11 Å². The molecule has 3 N–H and O–H groups in total. The fourth-order valence-electron chi connectivity index (χ4n) is 1.08. The highest BCUT2D eigenvalue weighted by Crippen LogP contribution is 2.18. The predicted octanol–water partition coefficient (Wildman–Crippen LogP) is 2.17. The van der Waals surface area contributed by atoms with E-state index in [1.807, 2.05) is 25.1 Å². The summed E-state index contributed by atoms with van der Waals surface area (Å²) in [6.45, 7) is 1.98. The van der Waals surface area contributed by atoms with Crippen LogP contribution >= 0.6 is 28.3 Å². The first-order valence-electron chi connectivity index (χ1n) is 3.77.